The first-order valence-electron chi connectivity index (χ1n) is 5.79. The molecule has 0 aliphatic rings. The zero-order chi connectivity index (χ0) is 13.1. The highest BCUT2D eigenvalue weighted by Crippen LogP contribution is 2.26. The first-order chi connectivity index (χ1) is 8.59. The molecule has 2 N–H and O–H groups in total. The molecule has 0 unspecified atom stereocenters. The highest BCUT2D eigenvalue weighted by molar-refractivity contribution is 6.00. The number of hydrogen-bond acceptors (Lipinski definition) is 3. The molecular formula is C15H16N2O. The average molecular weight is 240 g/mol. The lowest BCUT2D eigenvalue weighted by Gasteiger charge is -2.20. The van der Waals surface area contributed by atoms with Gasteiger partial charge in [-0.1, -0.05) is 18.2 Å². The number of para-hydroxylation sites is 1. The van der Waals surface area contributed by atoms with Crippen molar-refractivity contribution in [1.29, 1.82) is 0 Å². The number of benzene rings is 2. The minimum atomic E-state index is -0.0178. The van der Waals surface area contributed by atoms with Crippen molar-refractivity contribution in [2.24, 2.45) is 0 Å². The minimum absolute atomic E-state index is 0.0178. The molecule has 0 heterocycles. The maximum absolute atomic E-state index is 11.5. The summed E-state index contributed by atoms with van der Waals surface area (Å²) in [6.45, 7) is 1.53. The number of ketones is 1. The summed E-state index contributed by atoms with van der Waals surface area (Å²) < 4.78 is 0. The van der Waals surface area contributed by atoms with E-state index in [4.69, 9.17) is 5.73 Å². The average Bonchev–Trinajstić information content (AvgIpc) is 2.39. The molecule has 92 valence electrons. The molecule has 0 fully saturated rings. The lowest BCUT2D eigenvalue weighted by Crippen LogP contribution is -2.10. The fourth-order valence-corrected chi connectivity index (χ4v) is 1.86. The fraction of sp³-hybridized carbons (Fsp3) is 0.133. The van der Waals surface area contributed by atoms with Crippen LogP contribution in [0.15, 0.2) is 48.5 Å². The monoisotopic (exact) mass is 240 g/mol. The summed E-state index contributed by atoms with van der Waals surface area (Å²) >= 11 is 0. The Morgan fingerprint density at radius 2 is 1.72 bits per heavy atom. The Balaban J connectivity index is 2.40. The molecule has 0 amide bonds. The number of hydrogen-bond donors (Lipinski definition) is 1. The topological polar surface area (TPSA) is 46.3 Å². The highest BCUT2D eigenvalue weighted by Gasteiger charge is 2.09. The number of nitrogens with zero attached hydrogens (tertiary/aromatic N) is 1. The second-order valence-electron chi connectivity index (χ2n) is 4.22. The van der Waals surface area contributed by atoms with Gasteiger partial charge in [0.05, 0.1) is 0 Å². The molecular weight excluding hydrogens is 224 g/mol. The smallest absolute Gasteiger partial charge is 0.161 e. The van der Waals surface area contributed by atoms with Crippen molar-refractivity contribution in [2.45, 2.75) is 6.92 Å². The zero-order valence-electron chi connectivity index (χ0n) is 10.6. The SMILES string of the molecule is CC(=O)c1cc(N(C)c2ccccc2)ccc1N. The van der Waals surface area contributed by atoms with Gasteiger partial charge in [0.2, 0.25) is 0 Å². The van der Waals surface area contributed by atoms with Gasteiger partial charge in [0.25, 0.3) is 0 Å². The fourth-order valence-electron chi connectivity index (χ4n) is 1.86. The Bertz CT molecular complexity index is 564. The number of anilines is 3. The van der Waals surface area contributed by atoms with E-state index in [1.165, 1.54) is 6.92 Å². The lowest BCUT2D eigenvalue weighted by molar-refractivity contribution is 0.101. The van der Waals surface area contributed by atoms with Crippen molar-refractivity contribution in [3.63, 3.8) is 0 Å². The summed E-state index contributed by atoms with van der Waals surface area (Å²) in [6.07, 6.45) is 0. The molecule has 0 aliphatic carbocycles. The van der Waals surface area contributed by atoms with Crippen LogP contribution in [0, 0.1) is 0 Å². The highest BCUT2D eigenvalue weighted by atomic mass is 16.1. The van der Waals surface area contributed by atoms with Gasteiger partial charge in [-0.15, -0.1) is 0 Å². The molecule has 2 aromatic carbocycles. The van der Waals surface area contributed by atoms with E-state index < -0.39 is 0 Å². The molecule has 0 radical (unpaired) electrons. The van der Waals surface area contributed by atoms with Gasteiger partial charge in [-0.3, -0.25) is 4.79 Å². The van der Waals surface area contributed by atoms with E-state index in [0.29, 0.717) is 11.3 Å². The molecule has 0 saturated heterocycles. The molecule has 0 atom stereocenters. The third kappa shape index (κ3) is 2.35. The van der Waals surface area contributed by atoms with Crippen molar-refractivity contribution in [3.8, 4) is 0 Å². The zero-order valence-corrected chi connectivity index (χ0v) is 10.6. The van der Waals surface area contributed by atoms with Gasteiger partial charge in [0.1, 0.15) is 0 Å². The Morgan fingerprint density at radius 1 is 1.06 bits per heavy atom. The van der Waals surface area contributed by atoms with E-state index in [0.717, 1.165) is 11.4 Å². The lowest BCUT2D eigenvalue weighted by atomic mass is 10.1. The van der Waals surface area contributed by atoms with Crippen molar-refractivity contribution in [3.05, 3.63) is 54.1 Å². The van der Waals surface area contributed by atoms with Crippen molar-refractivity contribution >= 4 is 22.8 Å². The van der Waals surface area contributed by atoms with Crippen LogP contribution in [-0.2, 0) is 0 Å². The van der Waals surface area contributed by atoms with Gasteiger partial charge in [0, 0.05) is 29.7 Å². The first kappa shape index (κ1) is 12.2. The second kappa shape index (κ2) is 4.92. The number of Topliss-reactive ketones (excluding diaryl/α,β-unsaturated/α-hetero) is 1. The van der Waals surface area contributed by atoms with E-state index in [1.807, 2.05) is 54.4 Å². The summed E-state index contributed by atoms with van der Waals surface area (Å²) in [5, 5.41) is 0. The van der Waals surface area contributed by atoms with Gasteiger partial charge < -0.3 is 10.6 Å². The molecule has 18 heavy (non-hydrogen) atoms. The molecule has 2 rings (SSSR count). The minimum Gasteiger partial charge on any atom is -0.398 e. The van der Waals surface area contributed by atoms with Gasteiger partial charge >= 0.3 is 0 Å². The van der Waals surface area contributed by atoms with Gasteiger partial charge in [-0.2, -0.15) is 0 Å². The van der Waals surface area contributed by atoms with E-state index in [9.17, 15) is 4.79 Å². The summed E-state index contributed by atoms with van der Waals surface area (Å²) in [7, 11) is 1.96. The number of nitrogen functional groups attached to an aromatic ring is 1. The van der Waals surface area contributed by atoms with Crippen LogP contribution in [-0.4, -0.2) is 12.8 Å². The van der Waals surface area contributed by atoms with Crippen molar-refractivity contribution in [2.75, 3.05) is 17.7 Å². The van der Waals surface area contributed by atoms with Crippen LogP contribution < -0.4 is 10.6 Å². The molecule has 0 saturated carbocycles. The van der Waals surface area contributed by atoms with Crippen LogP contribution in [0.25, 0.3) is 0 Å². The van der Waals surface area contributed by atoms with Crippen LogP contribution in [0.4, 0.5) is 17.1 Å². The maximum atomic E-state index is 11.5. The van der Waals surface area contributed by atoms with Crippen molar-refractivity contribution in [1.82, 2.24) is 0 Å². The molecule has 0 aliphatic heterocycles. The van der Waals surface area contributed by atoms with E-state index >= 15 is 0 Å². The Labute approximate surface area is 107 Å². The molecule has 0 aromatic heterocycles. The third-order valence-corrected chi connectivity index (χ3v) is 2.95. The number of carbonyl (C=O) groups is 1. The second-order valence-corrected chi connectivity index (χ2v) is 4.22. The van der Waals surface area contributed by atoms with Crippen LogP contribution in [0.1, 0.15) is 17.3 Å². The Kier molecular flexibility index (Phi) is 3.33. The largest absolute Gasteiger partial charge is 0.398 e. The molecule has 3 nitrogen and oxygen atoms in total. The van der Waals surface area contributed by atoms with E-state index in [2.05, 4.69) is 0 Å². The molecule has 0 spiro atoms. The van der Waals surface area contributed by atoms with Crippen LogP contribution in [0.5, 0.6) is 0 Å². The van der Waals surface area contributed by atoms with Gasteiger partial charge in [0.15, 0.2) is 5.78 Å². The summed E-state index contributed by atoms with van der Waals surface area (Å²) in [5.41, 5.74) is 8.89. The molecule has 3 heteroatoms. The Hall–Kier alpha value is -2.29. The number of carbonyl (C=O) groups excluding carboxylic acids is 1. The number of rotatable bonds is 3. The Morgan fingerprint density at radius 3 is 2.33 bits per heavy atom. The third-order valence-electron chi connectivity index (χ3n) is 2.95. The molecule has 2 aromatic rings. The van der Waals surface area contributed by atoms with Crippen LogP contribution in [0.2, 0.25) is 0 Å². The summed E-state index contributed by atoms with van der Waals surface area (Å²) in [5.74, 6) is -0.0178. The number of nitrogens with two attached hydrogens (primary N) is 1. The van der Waals surface area contributed by atoms with E-state index in [1.54, 1.807) is 6.07 Å². The first-order valence-corrected chi connectivity index (χ1v) is 5.79. The standard InChI is InChI=1S/C15H16N2O/c1-11(18)14-10-13(8-9-15(14)16)17(2)12-6-4-3-5-7-12/h3-10H,16H2,1-2H3. The normalized spacial score (nSPS) is 10.1. The van der Waals surface area contributed by atoms with Crippen molar-refractivity contribution < 1.29 is 4.79 Å². The predicted molar refractivity (Wildman–Crippen MR) is 75.4 cm³/mol. The van der Waals surface area contributed by atoms with Gasteiger partial charge in [-0.25, -0.2) is 0 Å². The van der Waals surface area contributed by atoms with Gasteiger partial charge in [-0.05, 0) is 37.3 Å². The summed E-state index contributed by atoms with van der Waals surface area (Å²) in [4.78, 5) is 13.5. The predicted octanol–water partition coefficient (Wildman–Crippen LogP) is 3.24. The summed E-state index contributed by atoms with van der Waals surface area (Å²) in [6, 6.07) is 15.5. The molecule has 0 bridgehead atoms. The van der Waals surface area contributed by atoms with E-state index in [-0.39, 0.29) is 5.78 Å². The maximum Gasteiger partial charge on any atom is 0.161 e. The quantitative estimate of drug-likeness (QED) is 0.661. The van der Waals surface area contributed by atoms with Crippen LogP contribution >= 0.6 is 0 Å². The van der Waals surface area contributed by atoms with Crippen LogP contribution in [0.3, 0.4) is 0 Å².